The van der Waals surface area contributed by atoms with Crippen molar-refractivity contribution < 1.29 is 19.6 Å². The number of hydrogen-bond acceptors (Lipinski definition) is 3. The minimum atomic E-state index is -2.42. The van der Waals surface area contributed by atoms with Crippen molar-refractivity contribution in [3.05, 3.63) is 144 Å². The number of hydrogen-bond donors (Lipinski definition) is 2. The summed E-state index contributed by atoms with van der Waals surface area (Å²) in [4.78, 5) is 0. The van der Waals surface area contributed by atoms with E-state index in [1.165, 1.54) is 22.3 Å². The third kappa shape index (κ3) is 8.68. The molecular weight excluding hydrogens is 409 g/mol. The summed E-state index contributed by atoms with van der Waals surface area (Å²) in [6.45, 7) is 4.00. The highest BCUT2D eigenvalue weighted by atomic mass is 16.5. The van der Waals surface area contributed by atoms with Gasteiger partial charge in [-0.15, -0.1) is 0 Å². The highest BCUT2D eigenvalue weighted by molar-refractivity contribution is 6.28. The van der Waals surface area contributed by atoms with Gasteiger partial charge in [0.05, 0.1) is 0 Å². The van der Waals surface area contributed by atoms with E-state index >= 15 is 0 Å². The maximum absolute atomic E-state index is 8.64. The molecule has 0 spiro atoms. The second kappa shape index (κ2) is 12.7. The van der Waals surface area contributed by atoms with Crippen LogP contribution in [0.25, 0.3) is 0 Å². The van der Waals surface area contributed by atoms with Crippen LogP contribution in [0.3, 0.4) is 0 Å². The molecule has 0 aliphatic rings. The van der Waals surface area contributed by atoms with Crippen molar-refractivity contribution in [3.8, 4) is 0 Å². The van der Waals surface area contributed by atoms with Crippen molar-refractivity contribution in [1.29, 1.82) is 0 Å². The normalized spacial score (nSPS) is 10.8. The van der Waals surface area contributed by atoms with E-state index in [2.05, 4.69) is 121 Å². The summed E-state index contributed by atoms with van der Waals surface area (Å²) in [5.74, 6) is 0. The fourth-order valence-corrected chi connectivity index (χ4v) is 4.22. The maximum atomic E-state index is 8.64. The van der Waals surface area contributed by atoms with E-state index in [1.807, 2.05) is 0 Å². The average molecular weight is 439 g/mol. The summed E-state index contributed by atoms with van der Waals surface area (Å²) in [5.41, 5.74) is 5.54. The SMILES string of the molecule is [O-]B(O)O.c1ccc(C[N+](Cc2ccccc2)(Cc2ccccc2)Cc2ccccc2)cc1. The molecule has 0 saturated carbocycles. The second-order valence-electron chi connectivity index (χ2n) is 8.24. The summed E-state index contributed by atoms with van der Waals surface area (Å²) in [6.07, 6.45) is 0. The molecule has 0 saturated heterocycles. The maximum Gasteiger partial charge on any atom is 0.339 e. The van der Waals surface area contributed by atoms with E-state index < -0.39 is 7.32 Å². The van der Waals surface area contributed by atoms with Crippen LogP contribution in [0.1, 0.15) is 22.3 Å². The summed E-state index contributed by atoms with van der Waals surface area (Å²) in [6, 6.07) is 43.7. The molecule has 0 aliphatic heterocycles. The Labute approximate surface area is 196 Å². The zero-order valence-electron chi connectivity index (χ0n) is 18.7. The van der Waals surface area contributed by atoms with Crippen molar-refractivity contribution in [2.24, 2.45) is 0 Å². The zero-order valence-corrected chi connectivity index (χ0v) is 18.7. The van der Waals surface area contributed by atoms with E-state index in [-0.39, 0.29) is 0 Å². The van der Waals surface area contributed by atoms with Crippen molar-refractivity contribution >= 4 is 7.32 Å². The lowest BCUT2D eigenvalue weighted by Crippen LogP contribution is -2.45. The van der Waals surface area contributed by atoms with E-state index in [0.29, 0.717) is 0 Å². The molecule has 4 aromatic carbocycles. The van der Waals surface area contributed by atoms with E-state index in [1.54, 1.807) is 0 Å². The predicted octanol–water partition coefficient (Wildman–Crippen LogP) is 3.92. The van der Waals surface area contributed by atoms with Gasteiger partial charge in [-0.1, -0.05) is 121 Å². The van der Waals surface area contributed by atoms with Crippen molar-refractivity contribution in [2.75, 3.05) is 0 Å². The molecule has 4 rings (SSSR count). The van der Waals surface area contributed by atoms with Crippen LogP contribution in [0.4, 0.5) is 0 Å². The molecule has 0 fully saturated rings. The molecular formula is C28H30BNO3. The van der Waals surface area contributed by atoms with Gasteiger partial charge in [0, 0.05) is 22.3 Å². The topological polar surface area (TPSA) is 63.5 Å². The molecule has 0 unspecified atom stereocenters. The summed E-state index contributed by atoms with van der Waals surface area (Å²) < 4.78 is 0.960. The Kier molecular flexibility index (Phi) is 9.42. The first-order valence-corrected chi connectivity index (χ1v) is 11.1. The first-order chi connectivity index (χ1) is 16.0. The molecule has 0 aromatic heterocycles. The lowest BCUT2D eigenvalue weighted by molar-refractivity contribution is -0.978. The molecule has 2 N–H and O–H groups in total. The molecule has 0 atom stereocenters. The smallest absolute Gasteiger partial charge is 0.339 e. The van der Waals surface area contributed by atoms with Gasteiger partial charge < -0.3 is 19.6 Å². The molecule has 0 heterocycles. The van der Waals surface area contributed by atoms with Crippen LogP contribution >= 0.6 is 0 Å². The third-order valence-electron chi connectivity index (χ3n) is 5.44. The number of rotatable bonds is 8. The van der Waals surface area contributed by atoms with Crippen LogP contribution in [-0.4, -0.2) is 21.9 Å². The molecule has 168 valence electrons. The van der Waals surface area contributed by atoms with Crippen LogP contribution in [0.15, 0.2) is 121 Å². The van der Waals surface area contributed by atoms with Crippen molar-refractivity contribution in [2.45, 2.75) is 26.2 Å². The average Bonchev–Trinajstić information content (AvgIpc) is 2.81. The second-order valence-corrected chi connectivity index (χ2v) is 8.24. The Balaban J connectivity index is 0.000000709. The Hall–Kier alpha value is -3.22. The monoisotopic (exact) mass is 439 g/mol. The standard InChI is InChI=1S/C28H28N.BH2O3/c1-5-13-25(14-6-1)21-29(22-26-15-7-2-8-16-26,23-27-17-9-3-10-18-27)24-28-19-11-4-12-20-28;2-1(3)4/h1-20H,21-24H2;2-3H/q+1;-1. The summed E-state index contributed by atoms with van der Waals surface area (Å²) in [5, 5.41) is 22.8. The van der Waals surface area contributed by atoms with E-state index in [0.717, 1.165) is 30.7 Å². The fraction of sp³-hybridized carbons (Fsp3) is 0.143. The van der Waals surface area contributed by atoms with Gasteiger partial charge in [-0.2, -0.15) is 0 Å². The Morgan fingerprint density at radius 1 is 0.455 bits per heavy atom. The van der Waals surface area contributed by atoms with Gasteiger partial charge >= 0.3 is 7.32 Å². The third-order valence-corrected chi connectivity index (χ3v) is 5.44. The molecule has 4 nitrogen and oxygen atoms in total. The molecule has 0 radical (unpaired) electrons. The van der Waals surface area contributed by atoms with E-state index in [4.69, 9.17) is 15.1 Å². The Morgan fingerprint density at radius 2 is 0.636 bits per heavy atom. The first kappa shape index (κ1) is 24.4. The Bertz CT molecular complexity index is 871. The van der Waals surface area contributed by atoms with Crippen LogP contribution in [0, 0.1) is 0 Å². The van der Waals surface area contributed by atoms with Crippen LogP contribution in [0.5, 0.6) is 0 Å². The lowest BCUT2D eigenvalue weighted by Gasteiger charge is -2.39. The molecule has 4 aromatic rings. The van der Waals surface area contributed by atoms with Crippen LogP contribution in [0.2, 0.25) is 0 Å². The van der Waals surface area contributed by atoms with Gasteiger partial charge in [0.25, 0.3) is 0 Å². The molecule has 5 heteroatoms. The Morgan fingerprint density at radius 3 is 0.818 bits per heavy atom. The molecule has 33 heavy (non-hydrogen) atoms. The molecule has 0 bridgehead atoms. The van der Waals surface area contributed by atoms with Crippen LogP contribution < -0.4 is 5.02 Å². The van der Waals surface area contributed by atoms with Gasteiger partial charge in [-0.25, -0.2) is 0 Å². The minimum absolute atomic E-state index is 0.960. The molecule has 0 amide bonds. The van der Waals surface area contributed by atoms with E-state index in [9.17, 15) is 0 Å². The fourth-order valence-electron chi connectivity index (χ4n) is 4.22. The van der Waals surface area contributed by atoms with Gasteiger partial charge in [0.1, 0.15) is 26.2 Å². The van der Waals surface area contributed by atoms with Crippen LogP contribution in [-0.2, 0) is 26.2 Å². The van der Waals surface area contributed by atoms with Gasteiger partial charge in [0.2, 0.25) is 0 Å². The summed E-state index contributed by atoms with van der Waals surface area (Å²) >= 11 is 0. The largest absolute Gasteiger partial charge is 0.832 e. The minimum Gasteiger partial charge on any atom is -0.832 e. The summed E-state index contributed by atoms with van der Waals surface area (Å²) in [7, 11) is -2.42. The number of benzene rings is 4. The quantitative estimate of drug-likeness (QED) is 0.323. The highest BCUT2D eigenvalue weighted by Crippen LogP contribution is 2.27. The van der Waals surface area contributed by atoms with Gasteiger partial charge in [0.15, 0.2) is 0 Å². The lowest BCUT2D eigenvalue weighted by atomic mass is 10.0. The van der Waals surface area contributed by atoms with Gasteiger partial charge in [-0.3, -0.25) is 0 Å². The van der Waals surface area contributed by atoms with Gasteiger partial charge in [-0.05, 0) is 0 Å². The number of quaternary nitrogens is 1. The first-order valence-electron chi connectivity index (χ1n) is 11.1. The van der Waals surface area contributed by atoms with Crippen molar-refractivity contribution in [1.82, 2.24) is 0 Å². The highest BCUT2D eigenvalue weighted by Gasteiger charge is 2.29. The zero-order chi connectivity index (χ0) is 23.4. The number of nitrogens with zero attached hydrogens (tertiary/aromatic N) is 1. The molecule has 0 aliphatic carbocycles. The predicted molar refractivity (Wildman–Crippen MR) is 131 cm³/mol. The van der Waals surface area contributed by atoms with Crippen molar-refractivity contribution in [3.63, 3.8) is 0 Å².